The molecule has 1 unspecified atom stereocenters. The second kappa shape index (κ2) is 6.11. The van der Waals surface area contributed by atoms with E-state index in [9.17, 15) is 20.0 Å². The number of hydrogen-bond acceptors (Lipinski definition) is 5. The molecular weight excluding hydrogens is 310 g/mol. The third kappa shape index (κ3) is 2.83. The van der Waals surface area contributed by atoms with E-state index < -0.39 is 10.9 Å². The average molecular weight is 325 g/mol. The molecule has 0 aromatic heterocycles. The summed E-state index contributed by atoms with van der Waals surface area (Å²) in [6, 6.07) is 13.6. The zero-order chi connectivity index (χ0) is 17.3. The van der Waals surface area contributed by atoms with Crippen LogP contribution in [0.25, 0.3) is 0 Å². The molecule has 1 atom stereocenters. The molecule has 0 bridgehead atoms. The highest BCUT2D eigenvalue weighted by Crippen LogP contribution is 2.38. The van der Waals surface area contributed by atoms with E-state index in [0.29, 0.717) is 5.69 Å². The van der Waals surface area contributed by atoms with Crippen molar-refractivity contribution in [3.05, 3.63) is 69.8 Å². The first-order valence-electron chi connectivity index (χ1n) is 7.37. The lowest BCUT2D eigenvalue weighted by molar-refractivity contribution is -0.384. The lowest BCUT2D eigenvalue weighted by Gasteiger charge is -2.25. The number of anilines is 1. The van der Waals surface area contributed by atoms with E-state index in [2.05, 4.69) is 5.10 Å². The fourth-order valence-electron chi connectivity index (χ4n) is 2.75. The van der Waals surface area contributed by atoms with Gasteiger partial charge in [-0.1, -0.05) is 36.4 Å². The molecule has 0 saturated heterocycles. The number of aliphatic carboxylic acids is 1. The first-order chi connectivity index (χ1) is 11.5. The van der Waals surface area contributed by atoms with Crippen molar-refractivity contribution in [2.24, 2.45) is 5.10 Å². The van der Waals surface area contributed by atoms with Gasteiger partial charge >= 0.3 is 5.97 Å². The van der Waals surface area contributed by atoms with Crippen LogP contribution in [0.15, 0.2) is 53.6 Å². The zero-order valence-corrected chi connectivity index (χ0v) is 12.9. The monoisotopic (exact) mass is 325 g/mol. The molecule has 0 amide bonds. The van der Waals surface area contributed by atoms with Gasteiger partial charge in [0.05, 0.1) is 16.7 Å². The highest BCUT2D eigenvalue weighted by molar-refractivity contribution is 6.36. The van der Waals surface area contributed by atoms with Crippen LogP contribution in [0, 0.1) is 17.0 Å². The van der Waals surface area contributed by atoms with Gasteiger partial charge in [0.2, 0.25) is 0 Å². The molecule has 7 heteroatoms. The Hall–Kier alpha value is -3.22. The number of rotatable bonds is 4. The highest BCUT2D eigenvalue weighted by atomic mass is 16.6. The Bertz CT molecular complexity index is 833. The van der Waals surface area contributed by atoms with E-state index in [0.717, 1.165) is 11.1 Å². The molecule has 1 N–H and O–H groups in total. The van der Waals surface area contributed by atoms with Crippen LogP contribution >= 0.6 is 0 Å². The Kier molecular flexibility index (Phi) is 3.99. The summed E-state index contributed by atoms with van der Waals surface area (Å²) in [5.74, 6) is -1.08. The summed E-state index contributed by atoms with van der Waals surface area (Å²) in [4.78, 5) is 21.9. The van der Waals surface area contributed by atoms with Gasteiger partial charge in [-0.2, -0.15) is 5.10 Å². The molecule has 0 fully saturated rings. The van der Waals surface area contributed by atoms with Crippen LogP contribution in [0.2, 0.25) is 0 Å². The predicted octanol–water partition coefficient (Wildman–Crippen LogP) is 3.30. The third-order valence-corrected chi connectivity index (χ3v) is 3.99. The Morgan fingerprint density at radius 1 is 1.29 bits per heavy atom. The molecule has 0 radical (unpaired) electrons. The number of carbonyl (C=O) groups is 1. The number of hydrogen-bond donors (Lipinski definition) is 1. The van der Waals surface area contributed by atoms with Gasteiger partial charge in [0.1, 0.15) is 5.71 Å². The lowest BCUT2D eigenvalue weighted by atomic mass is 10.0. The van der Waals surface area contributed by atoms with E-state index >= 15 is 0 Å². The van der Waals surface area contributed by atoms with E-state index in [-0.39, 0.29) is 23.9 Å². The Labute approximate surface area is 138 Å². The van der Waals surface area contributed by atoms with Gasteiger partial charge < -0.3 is 5.11 Å². The summed E-state index contributed by atoms with van der Waals surface area (Å²) < 4.78 is 0. The van der Waals surface area contributed by atoms with Gasteiger partial charge in [-0.3, -0.25) is 15.1 Å². The molecule has 122 valence electrons. The van der Waals surface area contributed by atoms with E-state index in [4.69, 9.17) is 0 Å². The zero-order valence-electron chi connectivity index (χ0n) is 12.9. The summed E-state index contributed by atoms with van der Waals surface area (Å²) in [7, 11) is 0. The lowest BCUT2D eigenvalue weighted by Crippen LogP contribution is -2.19. The maximum atomic E-state index is 11.3. The topological polar surface area (TPSA) is 96.0 Å². The van der Waals surface area contributed by atoms with Crippen molar-refractivity contribution >= 4 is 23.1 Å². The summed E-state index contributed by atoms with van der Waals surface area (Å²) >= 11 is 0. The smallest absolute Gasteiger partial charge is 0.352 e. The number of non-ortho nitro benzene ring substituents is 1. The SMILES string of the molecule is Cc1ccc([N+](=O)[O-])cc1N1N=C(C(=O)O)CC1c1ccccc1. The fourth-order valence-corrected chi connectivity index (χ4v) is 2.75. The summed E-state index contributed by atoms with van der Waals surface area (Å²) in [5.41, 5.74) is 2.21. The molecule has 3 rings (SSSR count). The molecule has 1 aliphatic heterocycles. The normalized spacial score (nSPS) is 16.8. The van der Waals surface area contributed by atoms with Crippen molar-refractivity contribution in [1.29, 1.82) is 0 Å². The Balaban J connectivity index is 2.09. The van der Waals surface area contributed by atoms with Gasteiger partial charge in [0.25, 0.3) is 5.69 Å². The molecule has 2 aromatic rings. The first-order valence-corrected chi connectivity index (χ1v) is 7.37. The molecule has 1 heterocycles. The summed E-state index contributed by atoms with van der Waals surface area (Å²) in [6.07, 6.45) is 0.238. The molecule has 24 heavy (non-hydrogen) atoms. The number of nitro groups is 1. The number of benzene rings is 2. The molecule has 7 nitrogen and oxygen atoms in total. The minimum atomic E-state index is -1.08. The van der Waals surface area contributed by atoms with Crippen molar-refractivity contribution in [3.8, 4) is 0 Å². The fraction of sp³-hybridized carbons (Fsp3) is 0.176. The second-order valence-electron chi connectivity index (χ2n) is 5.55. The maximum absolute atomic E-state index is 11.3. The Morgan fingerprint density at radius 2 is 2.00 bits per heavy atom. The van der Waals surface area contributed by atoms with Gasteiger partial charge in [-0.25, -0.2) is 4.79 Å². The van der Waals surface area contributed by atoms with Crippen LogP contribution in [-0.4, -0.2) is 21.7 Å². The maximum Gasteiger partial charge on any atom is 0.352 e. The molecule has 0 saturated carbocycles. The van der Waals surface area contributed by atoms with Gasteiger partial charge in [-0.15, -0.1) is 0 Å². The standard InChI is InChI=1S/C17H15N3O4/c1-11-7-8-13(20(23)24)9-15(11)19-16(10-14(18-19)17(21)22)12-5-3-2-4-6-12/h2-9,16H,10H2,1H3,(H,21,22). The highest BCUT2D eigenvalue weighted by Gasteiger charge is 2.33. The molecule has 0 aliphatic carbocycles. The number of aryl methyl sites for hydroxylation is 1. The van der Waals surface area contributed by atoms with Crippen LogP contribution in [0.1, 0.15) is 23.6 Å². The minimum absolute atomic E-state index is 0.0368. The van der Waals surface area contributed by atoms with Gasteiger partial charge in [0, 0.05) is 18.6 Å². The van der Waals surface area contributed by atoms with E-state index in [1.54, 1.807) is 11.1 Å². The van der Waals surface area contributed by atoms with Crippen molar-refractivity contribution < 1.29 is 14.8 Å². The van der Waals surface area contributed by atoms with Crippen LogP contribution in [-0.2, 0) is 4.79 Å². The average Bonchev–Trinajstić information content (AvgIpc) is 3.01. The van der Waals surface area contributed by atoms with Crippen LogP contribution in [0.5, 0.6) is 0 Å². The van der Waals surface area contributed by atoms with Crippen molar-refractivity contribution in [2.45, 2.75) is 19.4 Å². The van der Waals surface area contributed by atoms with E-state index in [1.807, 2.05) is 37.3 Å². The number of hydrazone groups is 1. The number of nitro benzene ring substituents is 1. The molecule has 2 aromatic carbocycles. The number of carboxylic acids is 1. The number of carboxylic acid groups (broad SMARTS) is 1. The van der Waals surface area contributed by atoms with Gasteiger partial charge in [-0.05, 0) is 18.1 Å². The number of nitrogens with zero attached hydrogens (tertiary/aromatic N) is 3. The minimum Gasteiger partial charge on any atom is -0.477 e. The van der Waals surface area contributed by atoms with Crippen molar-refractivity contribution in [1.82, 2.24) is 0 Å². The summed E-state index contributed by atoms with van der Waals surface area (Å²) in [5, 5.41) is 26.1. The molecule has 0 spiro atoms. The van der Waals surface area contributed by atoms with Crippen LogP contribution in [0.4, 0.5) is 11.4 Å². The largest absolute Gasteiger partial charge is 0.477 e. The molecule has 1 aliphatic rings. The third-order valence-electron chi connectivity index (χ3n) is 3.99. The Morgan fingerprint density at radius 3 is 2.62 bits per heavy atom. The van der Waals surface area contributed by atoms with E-state index in [1.165, 1.54) is 12.1 Å². The molecular formula is C17H15N3O4. The van der Waals surface area contributed by atoms with Crippen molar-refractivity contribution in [2.75, 3.05) is 5.01 Å². The van der Waals surface area contributed by atoms with Crippen LogP contribution < -0.4 is 5.01 Å². The second-order valence-corrected chi connectivity index (χ2v) is 5.55. The quantitative estimate of drug-likeness (QED) is 0.687. The van der Waals surface area contributed by atoms with Crippen LogP contribution in [0.3, 0.4) is 0 Å². The predicted molar refractivity (Wildman–Crippen MR) is 89.2 cm³/mol. The van der Waals surface area contributed by atoms with Gasteiger partial charge in [0.15, 0.2) is 0 Å². The van der Waals surface area contributed by atoms with Crippen molar-refractivity contribution in [3.63, 3.8) is 0 Å². The summed E-state index contributed by atoms with van der Waals surface area (Å²) in [6.45, 7) is 1.81. The first kappa shape index (κ1) is 15.7.